The van der Waals surface area contributed by atoms with Gasteiger partial charge in [0.05, 0.1) is 16.0 Å². The summed E-state index contributed by atoms with van der Waals surface area (Å²) < 4.78 is 26.8. The zero-order chi connectivity index (χ0) is 28.2. The zero-order valence-corrected chi connectivity index (χ0v) is 24.9. The van der Waals surface area contributed by atoms with Crippen LogP contribution in [0, 0.1) is 13.8 Å². The minimum Gasteiger partial charge on any atom is -0.434 e. The SMILES string of the molecule is Cc1cccc2c1OP(Oc1cccc3cccc(OP4Oc5c(C)cccc5-c5ccccc54)c13)c1ccccc1-2. The number of aryl methyl sites for hydroxylation is 2. The average Bonchev–Trinajstić information content (AvgIpc) is 3.02. The Bertz CT molecular complexity index is 1860. The molecular formula is C36H26O4P2. The van der Waals surface area contributed by atoms with Gasteiger partial charge in [0.2, 0.25) is 0 Å². The first kappa shape index (κ1) is 25.4. The Balaban J connectivity index is 1.20. The lowest BCUT2D eigenvalue weighted by Crippen LogP contribution is -2.18. The fourth-order valence-corrected chi connectivity index (χ4v) is 8.84. The van der Waals surface area contributed by atoms with Crippen LogP contribution in [0.3, 0.4) is 0 Å². The molecule has 8 rings (SSSR count). The number of hydrogen-bond acceptors (Lipinski definition) is 4. The van der Waals surface area contributed by atoms with Gasteiger partial charge in [-0.25, -0.2) is 0 Å². The molecule has 2 unspecified atom stereocenters. The van der Waals surface area contributed by atoms with E-state index in [1.54, 1.807) is 0 Å². The zero-order valence-electron chi connectivity index (χ0n) is 23.1. The minimum atomic E-state index is -1.43. The molecule has 204 valence electrons. The Morgan fingerprint density at radius 2 is 0.881 bits per heavy atom. The van der Waals surface area contributed by atoms with Crippen molar-refractivity contribution < 1.29 is 18.1 Å². The highest BCUT2D eigenvalue weighted by molar-refractivity contribution is 7.57. The molecule has 6 aromatic rings. The van der Waals surface area contributed by atoms with E-state index in [4.69, 9.17) is 18.1 Å². The van der Waals surface area contributed by atoms with E-state index in [2.05, 4.69) is 98.8 Å². The summed E-state index contributed by atoms with van der Waals surface area (Å²) in [6.45, 7) is 4.16. The fraction of sp³-hybridized carbons (Fsp3) is 0.0556. The van der Waals surface area contributed by atoms with Crippen molar-refractivity contribution in [2.75, 3.05) is 0 Å². The van der Waals surface area contributed by atoms with Gasteiger partial charge in [-0.05, 0) is 65.8 Å². The van der Waals surface area contributed by atoms with Crippen LogP contribution >= 0.6 is 16.8 Å². The topological polar surface area (TPSA) is 36.9 Å². The molecule has 0 amide bonds. The molecule has 0 spiro atoms. The third-order valence-corrected chi connectivity index (χ3v) is 10.7. The molecule has 6 heteroatoms. The molecule has 4 nitrogen and oxygen atoms in total. The average molecular weight is 585 g/mol. The maximum Gasteiger partial charge on any atom is 0.326 e. The molecule has 2 aliphatic rings. The molecule has 0 fully saturated rings. The summed E-state index contributed by atoms with van der Waals surface area (Å²) in [5, 5.41) is 4.04. The van der Waals surface area contributed by atoms with E-state index in [0.717, 1.165) is 77.8 Å². The summed E-state index contributed by atoms with van der Waals surface area (Å²) in [7, 11) is -2.87. The monoisotopic (exact) mass is 584 g/mol. The van der Waals surface area contributed by atoms with Gasteiger partial charge in [0.1, 0.15) is 23.0 Å². The van der Waals surface area contributed by atoms with E-state index in [-0.39, 0.29) is 0 Å². The van der Waals surface area contributed by atoms with Gasteiger partial charge in [-0.2, -0.15) is 0 Å². The van der Waals surface area contributed by atoms with Crippen LogP contribution in [0.4, 0.5) is 0 Å². The molecule has 0 bridgehead atoms. The standard InChI is InChI=1S/C36H26O4P2/c1-23-11-7-17-28-26-15-3-5-21-32(26)41(39-35(23)28)37-30-19-9-13-25-14-10-20-31(34(25)30)38-42-33-22-6-4-16-27(33)29-18-8-12-24(2)36(29)40-42/h3-22H,1-2H3. The molecule has 0 aromatic heterocycles. The largest absolute Gasteiger partial charge is 0.434 e. The predicted molar refractivity (Wildman–Crippen MR) is 173 cm³/mol. The fourth-order valence-electron chi connectivity index (χ4n) is 5.70. The van der Waals surface area contributed by atoms with Crippen LogP contribution in [-0.2, 0) is 0 Å². The second-order valence-corrected chi connectivity index (χ2v) is 13.1. The number of rotatable bonds is 4. The number of para-hydroxylation sites is 2. The van der Waals surface area contributed by atoms with Crippen LogP contribution in [0.1, 0.15) is 11.1 Å². The molecule has 42 heavy (non-hydrogen) atoms. The Kier molecular flexibility index (Phi) is 6.14. The van der Waals surface area contributed by atoms with Crippen LogP contribution in [0.15, 0.2) is 121 Å². The first-order valence-corrected chi connectivity index (χ1v) is 16.2. The van der Waals surface area contributed by atoms with Crippen molar-refractivity contribution in [3.8, 4) is 45.3 Å². The first-order chi connectivity index (χ1) is 20.7. The van der Waals surface area contributed by atoms with E-state index >= 15 is 0 Å². The molecule has 2 heterocycles. The van der Waals surface area contributed by atoms with Crippen LogP contribution in [0.5, 0.6) is 23.0 Å². The van der Waals surface area contributed by atoms with Gasteiger partial charge in [0, 0.05) is 11.1 Å². The van der Waals surface area contributed by atoms with E-state index in [1.807, 2.05) is 36.4 Å². The molecule has 0 saturated heterocycles. The molecule has 0 N–H and O–H groups in total. The van der Waals surface area contributed by atoms with E-state index in [1.165, 1.54) is 0 Å². The molecule has 6 aromatic carbocycles. The van der Waals surface area contributed by atoms with Gasteiger partial charge in [0.25, 0.3) is 0 Å². The summed E-state index contributed by atoms with van der Waals surface area (Å²) in [6.07, 6.45) is 0. The summed E-state index contributed by atoms with van der Waals surface area (Å²) in [6, 6.07) is 41.4. The lowest BCUT2D eigenvalue weighted by Gasteiger charge is -2.30. The quantitative estimate of drug-likeness (QED) is 0.193. The first-order valence-electron chi connectivity index (χ1n) is 13.9. The van der Waals surface area contributed by atoms with E-state index in [0.29, 0.717) is 0 Å². The number of fused-ring (bicyclic) bond motifs is 7. The Hall–Kier alpha value is -4.36. The van der Waals surface area contributed by atoms with Crippen molar-refractivity contribution >= 4 is 38.1 Å². The van der Waals surface area contributed by atoms with Crippen LogP contribution in [0.25, 0.3) is 33.0 Å². The second-order valence-electron chi connectivity index (χ2n) is 10.4. The van der Waals surface area contributed by atoms with E-state index in [9.17, 15) is 0 Å². The van der Waals surface area contributed by atoms with Gasteiger partial charge in [-0.15, -0.1) is 0 Å². The van der Waals surface area contributed by atoms with Gasteiger partial charge < -0.3 is 18.1 Å². The Morgan fingerprint density at radius 3 is 1.38 bits per heavy atom. The second kappa shape index (κ2) is 10.2. The van der Waals surface area contributed by atoms with Crippen molar-refractivity contribution in [3.05, 3.63) is 132 Å². The maximum atomic E-state index is 6.81. The highest BCUT2D eigenvalue weighted by Crippen LogP contribution is 2.54. The van der Waals surface area contributed by atoms with E-state index < -0.39 is 16.8 Å². The Morgan fingerprint density at radius 1 is 0.452 bits per heavy atom. The summed E-state index contributed by atoms with van der Waals surface area (Å²) in [4.78, 5) is 0. The molecule has 2 atom stereocenters. The smallest absolute Gasteiger partial charge is 0.326 e. The normalized spacial score (nSPS) is 16.2. The lowest BCUT2D eigenvalue weighted by atomic mass is 10.0. The van der Waals surface area contributed by atoms with Crippen molar-refractivity contribution in [1.29, 1.82) is 0 Å². The highest BCUT2D eigenvalue weighted by Gasteiger charge is 2.33. The van der Waals surface area contributed by atoms with Gasteiger partial charge in [-0.3, -0.25) is 0 Å². The van der Waals surface area contributed by atoms with Gasteiger partial charge >= 0.3 is 16.8 Å². The summed E-state index contributed by atoms with van der Waals surface area (Å²) >= 11 is 0. The number of benzene rings is 6. The summed E-state index contributed by atoms with van der Waals surface area (Å²) in [5.41, 5.74) is 6.67. The van der Waals surface area contributed by atoms with Crippen molar-refractivity contribution in [1.82, 2.24) is 0 Å². The van der Waals surface area contributed by atoms with Gasteiger partial charge in [-0.1, -0.05) is 97.1 Å². The Labute approximate surface area is 247 Å². The summed E-state index contributed by atoms with van der Waals surface area (Å²) in [5.74, 6) is 3.20. The third-order valence-electron chi connectivity index (χ3n) is 7.74. The maximum absolute atomic E-state index is 6.81. The lowest BCUT2D eigenvalue weighted by molar-refractivity contribution is 0.493. The van der Waals surface area contributed by atoms with Crippen molar-refractivity contribution in [2.45, 2.75) is 13.8 Å². The van der Waals surface area contributed by atoms with Crippen LogP contribution in [0.2, 0.25) is 0 Å². The molecular weight excluding hydrogens is 558 g/mol. The number of hydrogen-bond donors (Lipinski definition) is 0. The van der Waals surface area contributed by atoms with Crippen LogP contribution < -0.4 is 28.7 Å². The van der Waals surface area contributed by atoms with Crippen molar-refractivity contribution in [3.63, 3.8) is 0 Å². The minimum absolute atomic E-state index is 0.720. The molecule has 0 saturated carbocycles. The highest BCUT2D eigenvalue weighted by atomic mass is 31.2. The molecule has 0 aliphatic carbocycles. The molecule has 0 radical (unpaired) electrons. The predicted octanol–water partition coefficient (Wildman–Crippen LogP) is 9.61. The van der Waals surface area contributed by atoms with Crippen molar-refractivity contribution in [2.24, 2.45) is 0 Å². The van der Waals surface area contributed by atoms with Gasteiger partial charge in [0.15, 0.2) is 0 Å². The van der Waals surface area contributed by atoms with Crippen LogP contribution in [-0.4, -0.2) is 0 Å². The molecule has 2 aliphatic heterocycles. The third kappa shape index (κ3) is 4.14.